The minimum absolute atomic E-state index is 0.0915. The maximum Gasteiger partial charge on any atom is 0.306 e. The molecule has 0 rings (SSSR count). The van der Waals surface area contributed by atoms with Gasteiger partial charge in [0.25, 0.3) is 0 Å². The number of carbonyl (C=O) groups is 3. The van der Waals surface area contributed by atoms with Gasteiger partial charge in [-0.1, -0.05) is 317 Å². The molecule has 0 fully saturated rings. The Morgan fingerprint density at radius 1 is 0.263 bits per heavy atom. The average molecular weight is 1110 g/mol. The van der Waals surface area contributed by atoms with E-state index in [-0.39, 0.29) is 37.5 Å². The van der Waals surface area contributed by atoms with Gasteiger partial charge in [-0.3, -0.25) is 14.4 Å². The van der Waals surface area contributed by atoms with E-state index in [1.807, 2.05) is 0 Å². The van der Waals surface area contributed by atoms with Gasteiger partial charge in [0, 0.05) is 19.3 Å². The first-order valence-electron chi connectivity index (χ1n) is 34.2. The third-order valence-corrected chi connectivity index (χ3v) is 14.8. The van der Waals surface area contributed by atoms with Gasteiger partial charge in [0.2, 0.25) is 0 Å². The Morgan fingerprint density at radius 3 is 0.825 bits per heavy atom. The van der Waals surface area contributed by atoms with E-state index in [4.69, 9.17) is 14.2 Å². The van der Waals surface area contributed by atoms with Crippen molar-refractivity contribution in [3.63, 3.8) is 0 Å². The number of rotatable bonds is 62. The highest BCUT2D eigenvalue weighted by Crippen LogP contribution is 2.17. The van der Waals surface area contributed by atoms with Gasteiger partial charge in [0.15, 0.2) is 6.10 Å². The number of allylic oxidation sites excluding steroid dienone is 16. The van der Waals surface area contributed by atoms with Crippen molar-refractivity contribution in [3.05, 3.63) is 97.2 Å². The highest BCUT2D eigenvalue weighted by atomic mass is 16.6. The number of esters is 3. The number of hydrogen-bond acceptors (Lipinski definition) is 6. The standard InChI is InChI=1S/C74H128O6/c1-4-7-10-13-16-19-22-24-26-28-30-32-34-36-38-39-41-43-45-47-49-52-55-58-61-64-67-73(76)79-70-71(69-78-72(75)66-63-60-57-54-51-21-18-15-12-9-6-3)80-74(77)68-65-62-59-56-53-50-48-46-44-42-40-37-35-33-31-29-27-25-23-20-17-14-11-8-5-2/h8,11,15,17-18,20,25,27,31,33,37,40,44,46,50,53,71H,4-7,9-10,12-14,16,19,21-24,26,28-30,32,34-36,38-39,41-43,45,47-49,51-52,54-70H2,1-3H3/b11-8-,18-15-,20-17-,27-25-,33-31-,40-37-,46-44-,53-50-. The van der Waals surface area contributed by atoms with Crippen LogP contribution in [0.1, 0.15) is 335 Å². The van der Waals surface area contributed by atoms with Crippen LogP contribution in [0.5, 0.6) is 0 Å². The molecule has 0 N–H and O–H groups in total. The van der Waals surface area contributed by atoms with Crippen LogP contribution in [0.2, 0.25) is 0 Å². The van der Waals surface area contributed by atoms with Crippen LogP contribution in [-0.4, -0.2) is 37.2 Å². The van der Waals surface area contributed by atoms with Crippen LogP contribution >= 0.6 is 0 Å². The molecule has 6 heteroatoms. The lowest BCUT2D eigenvalue weighted by atomic mass is 10.0. The Bertz CT molecular complexity index is 1560. The van der Waals surface area contributed by atoms with E-state index >= 15 is 0 Å². The monoisotopic (exact) mass is 1110 g/mol. The SMILES string of the molecule is CC/C=C\C/C=C\C/C=C\C/C=C\C/C=C\C/C=C\C/C=C\CCCCCC(=O)OC(COC(=O)CCCCCCC/C=C\CCCC)COC(=O)CCCCCCCCCCCCCCCCCCCCCCCCCCCC. The van der Waals surface area contributed by atoms with E-state index in [1.165, 1.54) is 173 Å². The van der Waals surface area contributed by atoms with Crippen LogP contribution < -0.4 is 0 Å². The molecule has 0 radical (unpaired) electrons. The van der Waals surface area contributed by atoms with Crippen molar-refractivity contribution < 1.29 is 28.6 Å². The number of hydrogen-bond donors (Lipinski definition) is 0. The summed E-state index contributed by atoms with van der Waals surface area (Å²) in [4.78, 5) is 38.3. The molecule has 460 valence electrons. The summed E-state index contributed by atoms with van der Waals surface area (Å²) < 4.78 is 16.9. The fourth-order valence-electron chi connectivity index (χ4n) is 9.70. The molecule has 0 aliphatic heterocycles. The lowest BCUT2D eigenvalue weighted by Crippen LogP contribution is -2.30. The van der Waals surface area contributed by atoms with E-state index < -0.39 is 6.10 Å². The molecule has 0 heterocycles. The molecule has 1 atom stereocenters. The van der Waals surface area contributed by atoms with Gasteiger partial charge in [0.1, 0.15) is 13.2 Å². The first kappa shape index (κ1) is 76.3. The minimum atomic E-state index is -0.799. The summed E-state index contributed by atoms with van der Waals surface area (Å²) in [6.45, 7) is 6.49. The summed E-state index contributed by atoms with van der Waals surface area (Å²) in [5.74, 6) is -0.923. The zero-order chi connectivity index (χ0) is 57.8. The summed E-state index contributed by atoms with van der Waals surface area (Å²) in [5, 5.41) is 0. The lowest BCUT2D eigenvalue weighted by Gasteiger charge is -2.18. The van der Waals surface area contributed by atoms with Crippen LogP contribution in [0.15, 0.2) is 97.2 Å². The van der Waals surface area contributed by atoms with E-state index in [9.17, 15) is 14.4 Å². The third kappa shape index (κ3) is 65.1. The quantitative estimate of drug-likeness (QED) is 0.0261. The molecule has 0 aliphatic carbocycles. The normalized spacial score (nSPS) is 12.7. The summed E-state index contributed by atoms with van der Waals surface area (Å²) in [6.07, 6.45) is 91.5. The van der Waals surface area contributed by atoms with Crippen molar-refractivity contribution in [2.75, 3.05) is 13.2 Å². The Morgan fingerprint density at radius 2 is 0.500 bits per heavy atom. The maximum atomic E-state index is 12.9. The molecule has 80 heavy (non-hydrogen) atoms. The third-order valence-electron chi connectivity index (χ3n) is 14.8. The van der Waals surface area contributed by atoms with E-state index in [0.29, 0.717) is 12.8 Å². The molecule has 6 nitrogen and oxygen atoms in total. The number of carbonyl (C=O) groups excluding carboxylic acids is 3. The van der Waals surface area contributed by atoms with Gasteiger partial charge < -0.3 is 14.2 Å². The molecule has 0 aromatic rings. The minimum Gasteiger partial charge on any atom is -0.462 e. The van der Waals surface area contributed by atoms with Crippen molar-refractivity contribution in [2.24, 2.45) is 0 Å². The second kappa shape index (κ2) is 67.8. The Labute approximate surface area is 496 Å². The van der Waals surface area contributed by atoms with Crippen molar-refractivity contribution in [1.29, 1.82) is 0 Å². The molecule has 0 bridgehead atoms. The highest BCUT2D eigenvalue weighted by molar-refractivity contribution is 5.71. The molecule has 0 aromatic carbocycles. The Kier molecular flexibility index (Phi) is 64.7. The second-order valence-corrected chi connectivity index (χ2v) is 22.7. The number of unbranched alkanes of at least 4 members (excludes halogenated alkanes) is 35. The van der Waals surface area contributed by atoms with Gasteiger partial charge >= 0.3 is 17.9 Å². The van der Waals surface area contributed by atoms with Gasteiger partial charge in [-0.2, -0.15) is 0 Å². The fourth-order valence-corrected chi connectivity index (χ4v) is 9.70. The van der Waals surface area contributed by atoms with Crippen LogP contribution in [0.25, 0.3) is 0 Å². The molecule has 0 saturated carbocycles. The van der Waals surface area contributed by atoms with Crippen molar-refractivity contribution in [3.8, 4) is 0 Å². The van der Waals surface area contributed by atoms with Crippen LogP contribution in [-0.2, 0) is 28.6 Å². The highest BCUT2D eigenvalue weighted by Gasteiger charge is 2.19. The molecule has 0 saturated heterocycles. The molecule has 0 aliphatic rings. The Hall–Kier alpha value is -3.67. The van der Waals surface area contributed by atoms with Crippen molar-refractivity contribution in [1.82, 2.24) is 0 Å². The summed E-state index contributed by atoms with van der Waals surface area (Å²) in [7, 11) is 0. The molecule has 0 spiro atoms. The maximum absolute atomic E-state index is 12.9. The summed E-state index contributed by atoms with van der Waals surface area (Å²) >= 11 is 0. The Balaban J connectivity index is 4.29. The second-order valence-electron chi connectivity index (χ2n) is 22.7. The van der Waals surface area contributed by atoms with Gasteiger partial charge in [0.05, 0.1) is 0 Å². The molecule has 1 unspecified atom stereocenters. The topological polar surface area (TPSA) is 78.9 Å². The van der Waals surface area contributed by atoms with Crippen LogP contribution in [0.4, 0.5) is 0 Å². The van der Waals surface area contributed by atoms with Crippen molar-refractivity contribution in [2.45, 2.75) is 341 Å². The van der Waals surface area contributed by atoms with Crippen LogP contribution in [0, 0.1) is 0 Å². The van der Waals surface area contributed by atoms with Crippen molar-refractivity contribution >= 4 is 17.9 Å². The van der Waals surface area contributed by atoms with Crippen LogP contribution in [0.3, 0.4) is 0 Å². The fraction of sp³-hybridized carbons (Fsp3) is 0.743. The van der Waals surface area contributed by atoms with E-state index in [2.05, 4.69) is 118 Å². The molecular formula is C74H128O6. The molecular weight excluding hydrogens is 985 g/mol. The first-order valence-corrected chi connectivity index (χ1v) is 34.2. The lowest BCUT2D eigenvalue weighted by molar-refractivity contribution is -0.167. The number of ether oxygens (including phenoxy) is 3. The van der Waals surface area contributed by atoms with E-state index in [1.54, 1.807) is 0 Å². The largest absolute Gasteiger partial charge is 0.462 e. The van der Waals surface area contributed by atoms with Gasteiger partial charge in [-0.05, 0) is 96.3 Å². The summed E-state index contributed by atoms with van der Waals surface area (Å²) in [5.41, 5.74) is 0. The predicted octanol–water partition coefficient (Wildman–Crippen LogP) is 23.6. The first-order chi connectivity index (χ1) is 39.5. The zero-order valence-electron chi connectivity index (χ0n) is 52.8. The van der Waals surface area contributed by atoms with E-state index in [0.717, 1.165) is 122 Å². The molecule has 0 aromatic heterocycles. The van der Waals surface area contributed by atoms with Gasteiger partial charge in [-0.25, -0.2) is 0 Å². The molecule has 0 amide bonds. The smallest absolute Gasteiger partial charge is 0.306 e. The zero-order valence-corrected chi connectivity index (χ0v) is 52.8. The summed E-state index contributed by atoms with van der Waals surface area (Å²) in [6, 6.07) is 0. The van der Waals surface area contributed by atoms with Gasteiger partial charge in [-0.15, -0.1) is 0 Å². The average Bonchev–Trinajstić information content (AvgIpc) is 3.46. The predicted molar refractivity (Wildman–Crippen MR) is 348 cm³/mol.